The molecule has 0 unspecified atom stereocenters. The quantitative estimate of drug-likeness (QED) is 0.795. The highest BCUT2D eigenvalue weighted by Gasteiger charge is 2.36. The van der Waals surface area contributed by atoms with Gasteiger partial charge in [-0.3, -0.25) is 9.59 Å². The number of carbonyl (C=O) groups excluding carboxylic acids is 2. The SMILES string of the molecule is C=CC(=O)N1CCCc2cc(C(=O)N3C[C@@H](F)[C@H](OC)C3)ccc21. The van der Waals surface area contributed by atoms with Gasteiger partial charge in [-0.1, -0.05) is 6.58 Å². The number of carbonyl (C=O) groups is 2. The third-order valence-corrected chi connectivity index (χ3v) is 4.67. The molecule has 0 spiro atoms. The molecule has 0 aromatic heterocycles. The highest BCUT2D eigenvalue weighted by Crippen LogP contribution is 2.29. The number of rotatable bonds is 3. The predicted octanol–water partition coefficient (Wildman–Crippen LogP) is 1.96. The third kappa shape index (κ3) is 2.94. The minimum absolute atomic E-state index is 0.0511. The van der Waals surface area contributed by atoms with Crippen LogP contribution >= 0.6 is 0 Å². The Morgan fingerprint density at radius 1 is 1.38 bits per heavy atom. The average Bonchev–Trinajstić information content (AvgIpc) is 3.00. The Kier molecular flexibility index (Phi) is 4.66. The molecule has 1 aromatic rings. The van der Waals surface area contributed by atoms with Crippen LogP contribution in [0.4, 0.5) is 10.1 Å². The fourth-order valence-electron chi connectivity index (χ4n) is 3.37. The van der Waals surface area contributed by atoms with E-state index in [1.165, 1.54) is 18.1 Å². The summed E-state index contributed by atoms with van der Waals surface area (Å²) in [6.07, 6.45) is 1.23. The van der Waals surface area contributed by atoms with Crippen molar-refractivity contribution >= 4 is 17.5 Å². The third-order valence-electron chi connectivity index (χ3n) is 4.67. The standard InChI is InChI=1S/C18H21FN2O3/c1-3-17(22)21-8-4-5-12-9-13(6-7-15(12)21)18(23)20-10-14(19)16(11-20)24-2/h3,6-7,9,14,16H,1,4-5,8,10-11H2,2H3/t14-,16-/m1/s1. The van der Waals surface area contributed by atoms with Crippen LogP contribution in [0.15, 0.2) is 30.9 Å². The number of anilines is 1. The van der Waals surface area contributed by atoms with Crippen LogP contribution in [0.25, 0.3) is 0 Å². The number of fused-ring (bicyclic) bond motifs is 1. The molecule has 0 N–H and O–H groups in total. The first kappa shape index (κ1) is 16.6. The maximum absolute atomic E-state index is 13.8. The number of nitrogens with zero attached hydrogens (tertiary/aromatic N) is 2. The molecule has 0 radical (unpaired) electrons. The number of likely N-dealkylation sites (tertiary alicyclic amines) is 1. The fraction of sp³-hybridized carbons (Fsp3) is 0.444. The van der Waals surface area contributed by atoms with E-state index < -0.39 is 12.3 Å². The molecule has 2 aliphatic heterocycles. The van der Waals surface area contributed by atoms with Gasteiger partial charge in [0.05, 0.1) is 13.1 Å². The lowest BCUT2D eigenvalue weighted by Gasteiger charge is -2.29. The van der Waals surface area contributed by atoms with Crippen molar-refractivity contribution in [3.8, 4) is 0 Å². The molecule has 0 bridgehead atoms. The zero-order valence-electron chi connectivity index (χ0n) is 13.7. The second-order valence-electron chi connectivity index (χ2n) is 6.14. The second kappa shape index (κ2) is 6.73. The van der Waals surface area contributed by atoms with Crippen LogP contribution in [0.2, 0.25) is 0 Å². The summed E-state index contributed by atoms with van der Waals surface area (Å²) in [6, 6.07) is 5.30. The van der Waals surface area contributed by atoms with Crippen LogP contribution in [0, 0.1) is 0 Å². The van der Waals surface area contributed by atoms with E-state index in [0.717, 1.165) is 24.1 Å². The Morgan fingerprint density at radius 3 is 2.83 bits per heavy atom. The van der Waals surface area contributed by atoms with Crippen LogP contribution in [0.5, 0.6) is 0 Å². The Morgan fingerprint density at radius 2 is 2.17 bits per heavy atom. The number of ether oxygens (including phenoxy) is 1. The number of benzene rings is 1. The topological polar surface area (TPSA) is 49.9 Å². The fourth-order valence-corrected chi connectivity index (χ4v) is 3.37. The van der Waals surface area contributed by atoms with Gasteiger partial charge in [-0.15, -0.1) is 0 Å². The first-order valence-electron chi connectivity index (χ1n) is 8.08. The minimum Gasteiger partial charge on any atom is -0.377 e. The molecule has 0 aliphatic carbocycles. The van der Waals surface area contributed by atoms with Gasteiger partial charge in [0, 0.05) is 24.9 Å². The molecule has 2 amide bonds. The van der Waals surface area contributed by atoms with Gasteiger partial charge in [0.25, 0.3) is 5.91 Å². The van der Waals surface area contributed by atoms with E-state index in [-0.39, 0.29) is 24.9 Å². The highest BCUT2D eigenvalue weighted by molar-refractivity contribution is 6.02. The van der Waals surface area contributed by atoms with Crippen LogP contribution in [-0.2, 0) is 16.0 Å². The molecule has 128 valence electrons. The first-order valence-corrected chi connectivity index (χ1v) is 8.08. The first-order chi connectivity index (χ1) is 11.5. The summed E-state index contributed by atoms with van der Waals surface area (Å²) >= 11 is 0. The molecule has 2 aliphatic rings. The van der Waals surface area contributed by atoms with Gasteiger partial charge in [0.1, 0.15) is 12.3 Å². The van der Waals surface area contributed by atoms with E-state index in [9.17, 15) is 14.0 Å². The number of hydrogen-bond donors (Lipinski definition) is 0. The zero-order chi connectivity index (χ0) is 17.3. The maximum atomic E-state index is 13.8. The summed E-state index contributed by atoms with van der Waals surface area (Å²) in [5.74, 6) is -0.343. The van der Waals surface area contributed by atoms with E-state index in [1.54, 1.807) is 17.0 Å². The molecule has 2 heterocycles. The van der Waals surface area contributed by atoms with Crippen molar-refractivity contribution in [2.75, 3.05) is 31.6 Å². The lowest BCUT2D eigenvalue weighted by Crippen LogP contribution is -2.34. The zero-order valence-corrected chi connectivity index (χ0v) is 13.7. The molecule has 3 rings (SSSR count). The van der Waals surface area contributed by atoms with Gasteiger partial charge in [-0.25, -0.2) is 4.39 Å². The summed E-state index contributed by atoms with van der Waals surface area (Å²) in [6.45, 7) is 4.49. The summed E-state index contributed by atoms with van der Waals surface area (Å²) in [4.78, 5) is 27.7. The summed E-state index contributed by atoms with van der Waals surface area (Å²) < 4.78 is 18.9. The monoisotopic (exact) mass is 332 g/mol. The molecular formula is C18H21FN2O3. The summed E-state index contributed by atoms with van der Waals surface area (Å²) in [5.41, 5.74) is 2.30. The Bertz CT molecular complexity index is 676. The number of hydrogen-bond acceptors (Lipinski definition) is 3. The van der Waals surface area contributed by atoms with E-state index in [4.69, 9.17) is 4.74 Å². The van der Waals surface area contributed by atoms with E-state index >= 15 is 0 Å². The Balaban J connectivity index is 1.82. The molecule has 24 heavy (non-hydrogen) atoms. The predicted molar refractivity (Wildman–Crippen MR) is 88.9 cm³/mol. The number of amides is 2. The van der Waals surface area contributed by atoms with Crippen LogP contribution in [-0.4, -0.2) is 55.7 Å². The van der Waals surface area contributed by atoms with Crippen molar-refractivity contribution in [3.63, 3.8) is 0 Å². The number of aryl methyl sites for hydroxylation is 1. The summed E-state index contributed by atoms with van der Waals surface area (Å²) in [7, 11) is 1.45. The van der Waals surface area contributed by atoms with Gasteiger partial charge in [-0.2, -0.15) is 0 Å². The molecular weight excluding hydrogens is 311 g/mol. The number of alkyl halides is 1. The molecule has 1 aromatic carbocycles. The van der Waals surface area contributed by atoms with Crippen LogP contribution < -0.4 is 4.90 Å². The molecule has 2 atom stereocenters. The number of methoxy groups -OCH3 is 1. The van der Waals surface area contributed by atoms with Crippen molar-refractivity contribution in [1.82, 2.24) is 4.90 Å². The molecule has 6 heteroatoms. The minimum atomic E-state index is -1.16. The van der Waals surface area contributed by atoms with Crippen LogP contribution in [0.1, 0.15) is 22.3 Å². The largest absolute Gasteiger partial charge is 0.377 e. The van der Waals surface area contributed by atoms with Gasteiger partial charge < -0.3 is 14.5 Å². The normalized spacial score (nSPS) is 23.1. The lowest BCUT2D eigenvalue weighted by molar-refractivity contribution is -0.114. The Labute approximate surface area is 140 Å². The second-order valence-corrected chi connectivity index (χ2v) is 6.14. The molecule has 0 saturated carbocycles. The van der Waals surface area contributed by atoms with Crippen molar-refractivity contribution in [3.05, 3.63) is 42.0 Å². The smallest absolute Gasteiger partial charge is 0.254 e. The van der Waals surface area contributed by atoms with Crippen molar-refractivity contribution in [2.24, 2.45) is 0 Å². The average molecular weight is 332 g/mol. The summed E-state index contributed by atoms with van der Waals surface area (Å²) in [5, 5.41) is 0. The van der Waals surface area contributed by atoms with Gasteiger partial charge in [0.15, 0.2) is 0 Å². The van der Waals surface area contributed by atoms with Gasteiger partial charge in [-0.05, 0) is 42.7 Å². The number of halogens is 1. The molecule has 1 fully saturated rings. The van der Waals surface area contributed by atoms with Crippen molar-refractivity contribution in [2.45, 2.75) is 25.1 Å². The van der Waals surface area contributed by atoms with E-state index in [1.807, 2.05) is 6.07 Å². The highest BCUT2D eigenvalue weighted by atomic mass is 19.1. The molecule has 1 saturated heterocycles. The van der Waals surface area contributed by atoms with E-state index in [0.29, 0.717) is 12.1 Å². The Hall–Kier alpha value is -2.21. The maximum Gasteiger partial charge on any atom is 0.254 e. The lowest BCUT2D eigenvalue weighted by atomic mass is 9.98. The van der Waals surface area contributed by atoms with Gasteiger partial charge >= 0.3 is 0 Å². The van der Waals surface area contributed by atoms with E-state index in [2.05, 4.69) is 6.58 Å². The van der Waals surface area contributed by atoms with Crippen molar-refractivity contribution in [1.29, 1.82) is 0 Å². The van der Waals surface area contributed by atoms with Crippen molar-refractivity contribution < 1.29 is 18.7 Å². The van der Waals surface area contributed by atoms with Crippen LogP contribution in [0.3, 0.4) is 0 Å². The van der Waals surface area contributed by atoms with Gasteiger partial charge in [0.2, 0.25) is 5.91 Å². The molecule has 5 nitrogen and oxygen atoms in total.